The van der Waals surface area contributed by atoms with Gasteiger partial charge in [0.2, 0.25) is 0 Å². The highest BCUT2D eigenvalue weighted by Gasteiger charge is 2.34. The second kappa shape index (κ2) is 7.50. The van der Waals surface area contributed by atoms with Gasteiger partial charge in [0, 0.05) is 14.2 Å². The fraction of sp³-hybridized carbons (Fsp3) is 0.0588. The first-order valence-electron chi connectivity index (χ1n) is 7.06. The number of carbonyl (C=O) groups excluding carboxylic acids is 2. The molecule has 0 atom stereocenters. The van der Waals surface area contributed by atoms with E-state index in [1.165, 1.54) is 5.01 Å². The van der Waals surface area contributed by atoms with Crippen LogP contribution in [-0.2, 0) is 9.59 Å². The minimum Gasteiger partial charge on any atom is -0.495 e. The van der Waals surface area contributed by atoms with Crippen molar-refractivity contribution in [2.24, 2.45) is 0 Å². The van der Waals surface area contributed by atoms with Crippen LogP contribution < -0.4 is 15.2 Å². The van der Waals surface area contributed by atoms with E-state index >= 15 is 0 Å². The lowest BCUT2D eigenvalue weighted by Crippen LogP contribution is -2.35. The van der Waals surface area contributed by atoms with E-state index in [0.717, 1.165) is 7.14 Å². The van der Waals surface area contributed by atoms with Gasteiger partial charge in [-0.05, 0) is 81.6 Å². The number of hydrogen-bond donors (Lipinski definition) is 1. The maximum Gasteiger partial charge on any atom is 0.282 e. The van der Waals surface area contributed by atoms with Crippen molar-refractivity contribution < 1.29 is 14.3 Å². The zero-order valence-corrected chi connectivity index (χ0v) is 17.9. The van der Waals surface area contributed by atoms with Gasteiger partial charge in [-0.25, -0.2) is 5.01 Å². The SMILES string of the molecule is COc1c(I)cc(I)cc1C=C1C(=O)NN(c2cccc(Cl)c2)C1=O. The van der Waals surface area contributed by atoms with Crippen LogP contribution in [0, 0.1) is 7.14 Å². The molecule has 2 aromatic rings. The molecule has 128 valence electrons. The van der Waals surface area contributed by atoms with Gasteiger partial charge >= 0.3 is 0 Å². The van der Waals surface area contributed by atoms with Gasteiger partial charge in [-0.3, -0.25) is 15.0 Å². The van der Waals surface area contributed by atoms with Crippen molar-refractivity contribution in [1.29, 1.82) is 0 Å². The summed E-state index contributed by atoms with van der Waals surface area (Å²) < 4.78 is 7.29. The Kier molecular flexibility index (Phi) is 5.54. The van der Waals surface area contributed by atoms with Crippen LogP contribution in [0.5, 0.6) is 5.75 Å². The van der Waals surface area contributed by atoms with E-state index in [4.69, 9.17) is 16.3 Å². The number of benzene rings is 2. The standard InChI is InChI=1S/C17H11ClI2N2O3/c1-25-15-9(5-11(19)8-14(15)20)6-13-16(23)21-22(17(13)24)12-4-2-3-10(18)7-12/h2-8H,1H3,(H,21,23). The molecule has 0 aromatic heterocycles. The van der Waals surface area contributed by atoms with E-state index in [2.05, 4.69) is 50.6 Å². The van der Waals surface area contributed by atoms with Crippen molar-refractivity contribution in [1.82, 2.24) is 5.43 Å². The Bertz CT molecular complexity index is 915. The third kappa shape index (κ3) is 3.77. The molecule has 8 heteroatoms. The van der Waals surface area contributed by atoms with Crippen LogP contribution in [0.4, 0.5) is 5.69 Å². The quantitative estimate of drug-likeness (QED) is 0.339. The van der Waals surface area contributed by atoms with Gasteiger partial charge in [0.25, 0.3) is 11.8 Å². The molecule has 2 amide bonds. The molecule has 25 heavy (non-hydrogen) atoms. The molecule has 5 nitrogen and oxygen atoms in total. The molecule has 1 aliphatic heterocycles. The number of methoxy groups -OCH3 is 1. The number of hydrazine groups is 1. The van der Waals surface area contributed by atoms with E-state index in [1.54, 1.807) is 37.5 Å². The van der Waals surface area contributed by atoms with Gasteiger partial charge in [0.15, 0.2) is 0 Å². The number of nitrogens with one attached hydrogen (secondary N) is 1. The van der Waals surface area contributed by atoms with Crippen molar-refractivity contribution in [2.45, 2.75) is 0 Å². The summed E-state index contributed by atoms with van der Waals surface area (Å²) in [6.45, 7) is 0. The summed E-state index contributed by atoms with van der Waals surface area (Å²) in [5.41, 5.74) is 3.77. The number of carbonyl (C=O) groups is 2. The van der Waals surface area contributed by atoms with Crippen LogP contribution in [-0.4, -0.2) is 18.9 Å². The smallest absolute Gasteiger partial charge is 0.282 e. The minimum atomic E-state index is -0.471. The van der Waals surface area contributed by atoms with E-state index in [-0.39, 0.29) is 5.57 Å². The first-order chi connectivity index (χ1) is 11.9. The highest BCUT2D eigenvalue weighted by atomic mass is 127. The molecule has 0 spiro atoms. The molecule has 0 radical (unpaired) electrons. The van der Waals surface area contributed by atoms with Gasteiger partial charge in [0.05, 0.1) is 16.4 Å². The highest BCUT2D eigenvalue weighted by molar-refractivity contribution is 14.1. The number of rotatable bonds is 3. The Morgan fingerprint density at radius 1 is 1.20 bits per heavy atom. The van der Waals surface area contributed by atoms with E-state index < -0.39 is 11.8 Å². The Morgan fingerprint density at radius 3 is 2.64 bits per heavy atom. The Morgan fingerprint density at radius 2 is 1.96 bits per heavy atom. The maximum atomic E-state index is 12.7. The van der Waals surface area contributed by atoms with Gasteiger partial charge in [-0.2, -0.15) is 0 Å². The van der Waals surface area contributed by atoms with Crippen molar-refractivity contribution >= 4 is 80.4 Å². The second-order valence-corrected chi connectivity index (χ2v) is 7.97. The van der Waals surface area contributed by atoms with Crippen molar-refractivity contribution in [3.8, 4) is 5.75 Å². The number of anilines is 1. The molecule has 1 heterocycles. The van der Waals surface area contributed by atoms with Crippen molar-refractivity contribution in [3.05, 3.63) is 59.7 Å². The van der Waals surface area contributed by atoms with Crippen LogP contribution in [0.25, 0.3) is 6.08 Å². The van der Waals surface area contributed by atoms with Gasteiger partial charge in [0.1, 0.15) is 11.3 Å². The predicted octanol–water partition coefficient (Wildman–Crippen LogP) is 4.02. The zero-order valence-electron chi connectivity index (χ0n) is 12.8. The molecule has 0 saturated carbocycles. The molecule has 0 aliphatic carbocycles. The second-order valence-electron chi connectivity index (χ2n) is 5.13. The molecule has 1 fully saturated rings. The lowest BCUT2D eigenvalue weighted by molar-refractivity contribution is -0.117. The average Bonchev–Trinajstić information content (AvgIpc) is 2.83. The first-order valence-corrected chi connectivity index (χ1v) is 9.60. The third-order valence-electron chi connectivity index (χ3n) is 3.50. The lowest BCUT2D eigenvalue weighted by Gasteiger charge is -2.14. The summed E-state index contributed by atoms with van der Waals surface area (Å²) in [5, 5.41) is 1.66. The third-order valence-corrected chi connectivity index (χ3v) is 5.16. The Labute approximate surface area is 176 Å². The van der Waals surface area contributed by atoms with Gasteiger partial charge < -0.3 is 4.74 Å². The van der Waals surface area contributed by atoms with Crippen LogP contribution in [0.3, 0.4) is 0 Å². The number of hydrogen-bond acceptors (Lipinski definition) is 3. The largest absolute Gasteiger partial charge is 0.495 e. The monoisotopic (exact) mass is 580 g/mol. The fourth-order valence-corrected chi connectivity index (χ4v) is 4.71. The molecule has 0 unspecified atom stereocenters. The summed E-state index contributed by atoms with van der Waals surface area (Å²) in [5.74, 6) is -0.292. The summed E-state index contributed by atoms with van der Waals surface area (Å²) >= 11 is 10.3. The van der Waals surface area contributed by atoms with Crippen LogP contribution >= 0.6 is 56.8 Å². The summed E-state index contributed by atoms with van der Waals surface area (Å²) in [6, 6.07) is 10.5. The Balaban J connectivity index is 2.03. The molecule has 2 aromatic carbocycles. The maximum absolute atomic E-state index is 12.7. The average molecular weight is 581 g/mol. The van der Waals surface area contributed by atoms with E-state index in [9.17, 15) is 9.59 Å². The summed E-state index contributed by atoms with van der Waals surface area (Å²) in [4.78, 5) is 25.0. The lowest BCUT2D eigenvalue weighted by atomic mass is 10.1. The molecule has 0 bridgehead atoms. The predicted molar refractivity (Wildman–Crippen MR) is 113 cm³/mol. The molecule has 3 rings (SSSR count). The minimum absolute atomic E-state index is 0.0380. The van der Waals surface area contributed by atoms with Gasteiger partial charge in [-0.15, -0.1) is 0 Å². The molecular formula is C17H11ClI2N2O3. The topological polar surface area (TPSA) is 58.6 Å². The fourth-order valence-electron chi connectivity index (χ4n) is 2.41. The van der Waals surface area contributed by atoms with Gasteiger partial charge in [-0.1, -0.05) is 17.7 Å². The molecule has 1 aliphatic rings. The van der Waals surface area contributed by atoms with Crippen LogP contribution in [0.2, 0.25) is 5.02 Å². The van der Waals surface area contributed by atoms with Crippen LogP contribution in [0.15, 0.2) is 42.0 Å². The van der Waals surface area contributed by atoms with Crippen molar-refractivity contribution in [3.63, 3.8) is 0 Å². The zero-order chi connectivity index (χ0) is 18.1. The Hall–Kier alpha value is -1.33. The summed E-state index contributed by atoms with van der Waals surface area (Å²) in [6.07, 6.45) is 1.55. The normalized spacial score (nSPS) is 15.7. The van der Waals surface area contributed by atoms with E-state index in [0.29, 0.717) is 22.0 Å². The number of halogens is 3. The number of amides is 2. The first kappa shape index (κ1) is 18.5. The molecule has 1 saturated heterocycles. The molecule has 1 N–H and O–H groups in total. The highest BCUT2D eigenvalue weighted by Crippen LogP contribution is 2.31. The van der Waals surface area contributed by atoms with Crippen LogP contribution in [0.1, 0.15) is 5.56 Å². The summed E-state index contributed by atoms with van der Waals surface area (Å²) in [7, 11) is 1.56. The number of nitrogens with zero attached hydrogens (tertiary/aromatic N) is 1. The molecular weight excluding hydrogens is 569 g/mol. The van der Waals surface area contributed by atoms with E-state index in [1.807, 2.05) is 12.1 Å². The van der Waals surface area contributed by atoms with Crippen molar-refractivity contribution in [2.75, 3.05) is 12.1 Å². The number of ether oxygens (including phenoxy) is 1.